The van der Waals surface area contributed by atoms with Gasteiger partial charge in [0.25, 0.3) is 0 Å². The molecule has 0 amide bonds. The van der Waals surface area contributed by atoms with Gasteiger partial charge < -0.3 is 5.11 Å². The van der Waals surface area contributed by atoms with E-state index in [4.69, 9.17) is 5.11 Å². The molecule has 0 bridgehead atoms. The van der Waals surface area contributed by atoms with Crippen LogP contribution in [0.15, 0.2) is 41.8 Å². The molecule has 2 aromatic carbocycles. The molecule has 0 radical (unpaired) electrons. The number of hydrogen-bond donors (Lipinski definition) is 1. The van der Waals surface area contributed by atoms with E-state index in [9.17, 15) is 4.79 Å². The Morgan fingerprint density at radius 3 is 2.82 bits per heavy atom. The summed E-state index contributed by atoms with van der Waals surface area (Å²) in [5, 5.41) is 19.7. The molecule has 3 aromatic rings. The van der Waals surface area contributed by atoms with Gasteiger partial charge >= 0.3 is 5.97 Å². The van der Waals surface area contributed by atoms with Crippen LogP contribution in [-0.4, -0.2) is 31.6 Å². The number of carboxylic acid groups (broad SMARTS) is 1. The summed E-state index contributed by atoms with van der Waals surface area (Å²) in [7, 11) is 0. The van der Waals surface area contributed by atoms with E-state index in [1.807, 2.05) is 10.6 Å². The van der Waals surface area contributed by atoms with Crippen molar-refractivity contribution in [1.82, 2.24) is 14.8 Å². The van der Waals surface area contributed by atoms with Gasteiger partial charge in [0.1, 0.15) is 6.33 Å². The molecule has 0 aliphatic heterocycles. The lowest BCUT2D eigenvalue weighted by atomic mass is 10.0. The Kier molecular flexibility index (Phi) is 3.85. The average molecular weight is 313 g/mol. The molecular formula is C16H15N3O2S. The van der Waals surface area contributed by atoms with Crippen LogP contribution in [0.25, 0.3) is 16.5 Å². The first kappa shape index (κ1) is 14.6. The highest BCUT2D eigenvalue weighted by molar-refractivity contribution is 7.99. The fourth-order valence-corrected chi connectivity index (χ4v) is 3.06. The maximum atomic E-state index is 10.8. The second kappa shape index (κ2) is 5.81. The molecule has 0 atom stereocenters. The van der Waals surface area contributed by atoms with Gasteiger partial charge in [-0.2, -0.15) is 0 Å². The third-order valence-corrected chi connectivity index (χ3v) is 4.40. The number of thioether (sulfide) groups is 1. The van der Waals surface area contributed by atoms with Gasteiger partial charge in [-0.25, -0.2) is 0 Å². The number of aromatic nitrogens is 3. The second-order valence-corrected chi connectivity index (χ2v) is 6.06. The highest BCUT2D eigenvalue weighted by Gasteiger charge is 2.12. The molecule has 6 heteroatoms. The molecule has 5 nitrogen and oxygen atoms in total. The summed E-state index contributed by atoms with van der Waals surface area (Å²) < 4.78 is 1.84. The van der Waals surface area contributed by atoms with Crippen LogP contribution in [0, 0.1) is 13.8 Å². The zero-order valence-corrected chi connectivity index (χ0v) is 13.1. The van der Waals surface area contributed by atoms with Gasteiger partial charge in [-0.1, -0.05) is 35.5 Å². The largest absolute Gasteiger partial charge is 0.481 e. The SMILES string of the molecule is Cc1ccc2c(C)ccc(-n3cnnc3SCC(=O)O)c2c1. The summed E-state index contributed by atoms with van der Waals surface area (Å²) >= 11 is 1.16. The second-order valence-electron chi connectivity index (χ2n) is 5.12. The molecule has 0 saturated carbocycles. The molecular weight excluding hydrogens is 298 g/mol. The summed E-state index contributed by atoms with van der Waals surface area (Å²) in [5.74, 6) is -0.911. The predicted octanol–water partition coefficient (Wildman–Crippen LogP) is 3.21. The Balaban J connectivity index is 2.15. The molecule has 0 unspecified atom stereocenters. The van der Waals surface area contributed by atoms with Gasteiger partial charge in [0.2, 0.25) is 0 Å². The number of hydrogen-bond acceptors (Lipinski definition) is 4. The van der Waals surface area contributed by atoms with E-state index in [1.54, 1.807) is 6.33 Å². The van der Waals surface area contributed by atoms with Crippen LogP contribution in [0.3, 0.4) is 0 Å². The minimum Gasteiger partial charge on any atom is -0.481 e. The highest BCUT2D eigenvalue weighted by atomic mass is 32.2. The Bertz CT molecular complexity index is 858. The van der Waals surface area contributed by atoms with Crippen LogP contribution in [0.4, 0.5) is 0 Å². The van der Waals surface area contributed by atoms with Crippen LogP contribution in [0.1, 0.15) is 11.1 Å². The number of carbonyl (C=O) groups is 1. The number of aryl methyl sites for hydroxylation is 2. The number of nitrogens with zero attached hydrogens (tertiary/aromatic N) is 3. The Morgan fingerprint density at radius 1 is 1.23 bits per heavy atom. The number of fused-ring (bicyclic) bond motifs is 1. The quantitative estimate of drug-likeness (QED) is 0.749. The van der Waals surface area contributed by atoms with E-state index in [1.165, 1.54) is 16.5 Å². The third-order valence-electron chi connectivity index (χ3n) is 3.47. The van der Waals surface area contributed by atoms with E-state index < -0.39 is 5.97 Å². The van der Waals surface area contributed by atoms with Crippen molar-refractivity contribution in [3.8, 4) is 5.69 Å². The van der Waals surface area contributed by atoms with Crippen molar-refractivity contribution < 1.29 is 9.90 Å². The molecule has 0 saturated heterocycles. The lowest BCUT2D eigenvalue weighted by molar-refractivity contribution is -0.133. The monoisotopic (exact) mass is 313 g/mol. The first-order chi connectivity index (χ1) is 10.6. The average Bonchev–Trinajstić information content (AvgIpc) is 2.93. The molecule has 112 valence electrons. The van der Waals surface area contributed by atoms with Crippen LogP contribution in [0.2, 0.25) is 0 Å². The van der Waals surface area contributed by atoms with E-state index >= 15 is 0 Å². The lowest BCUT2D eigenvalue weighted by Gasteiger charge is -2.12. The molecule has 3 rings (SSSR count). The first-order valence-electron chi connectivity index (χ1n) is 6.81. The Labute approximate surface area is 132 Å². The van der Waals surface area contributed by atoms with Crippen molar-refractivity contribution in [2.75, 3.05) is 5.75 Å². The molecule has 1 heterocycles. The van der Waals surface area contributed by atoms with Crippen molar-refractivity contribution in [3.63, 3.8) is 0 Å². The molecule has 0 aliphatic rings. The number of benzene rings is 2. The highest BCUT2D eigenvalue weighted by Crippen LogP contribution is 2.29. The molecule has 22 heavy (non-hydrogen) atoms. The van der Waals surface area contributed by atoms with Gasteiger partial charge in [-0.05, 0) is 36.9 Å². The fourth-order valence-electron chi connectivity index (χ4n) is 2.42. The summed E-state index contributed by atoms with van der Waals surface area (Å²) in [6.07, 6.45) is 1.62. The smallest absolute Gasteiger partial charge is 0.313 e. The third kappa shape index (κ3) is 2.69. The van der Waals surface area contributed by atoms with Crippen molar-refractivity contribution in [2.24, 2.45) is 0 Å². The van der Waals surface area contributed by atoms with Gasteiger partial charge in [-0.3, -0.25) is 9.36 Å². The van der Waals surface area contributed by atoms with Crippen molar-refractivity contribution in [2.45, 2.75) is 19.0 Å². The zero-order valence-electron chi connectivity index (χ0n) is 12.3. The number of rotatable bonds is 4. The van der Waals surface area contributed by atoms with Crippen molar-refractivity contribution in [1.29, 1.82) is 0 Å². The van der Waals surface area contributed by atoms with Gasteiger partial charge in [-0.15, -0.1) is 10.2 Å². The number of carboxylic acids is 1. The number of aliphatic carboxylic acids is 1. The summed E-state index contributed by atoms with van der Waals surface area (Å²) in [4.78, 5) is 10.8. The van der Waals surface area contributed by atoms with Crippen LogP contribution in [0.5, 0.6) is 0 Å². The fraction of sp³-hybridized carbons (Fsp3) is 0.188. The molecule has 0 aliphatic carbocycles. The van der Waals surface area contributed by atoms with E-state index in [-0.39, 0.29) is 5.75 Å². The summed E-state index contributed by atoms with van der Waals surface area (Å²) in [6.45, 7) is 4.13. The Hall–Kier alpha value is -2.34. The lowest BCUT2D eigenvalue weighted by Crippen LogP contribution is -2.02. The normalized spacial score (nSPS) is 11.0. The van der Waals surface area contributed by atoms with Crippen LogP contribution >= 0.6 is 11.8 Å². The van der Waals surface area contributed by atoms with Crippen LogP contribution in [-0.2, 0) is 4.79 Å². The maximum Gasteiger partial charge on any atom is 0.313 e. The predicted molar refractivity (Wildman–Crippen MR) is 86.7 cm³/mol. The zero-order chi connectivity index (χ0) is 15.7. The standard InChI is InChI=1S/C16H15N3O2S/c1-10-3-5-12-11(2)4-6-14(13(12)7-10)19-9-17-18-16(19)22-8-15(20)21/h3-7,9H,8H2,1-2H3,(H,20,21). The maximum absolute atomic E-state index is 10.8. The first-order valence-corrected chi connectivity index (χ1v) is 7.80. The molecule has 0 spiro atoms. The van der Waals surface area contributed by atoms with Gasteiger partial charge in [0.15, 0.2) is 5.16 Å². The van der Waals surface area contributed by atoms with Crippen molar-refractivity contribution >= 4 is 28.5 Å². The summed E-state index contributed by atoms with van der Waals surface area (Å²) in [6, 6.07) is 10.4. The van der Waals surface area contributed by atoms with Gasteiger partial charge in [0, 0.05) is 5.39 Å². The minimum atomic E-state index is -0.871. The Morgan fingerprint density at radius 2 is 2.05 bits per heavy atom. The summed E-state index contributed by atoms with van der Waals surface area (Å²) in [5.41, 5.74) is 3.33. The van der Waals surface area contributed by atoms with E-state index in [0.29, 0.717) is 5.16 Å². The molecule has 0 fully saturated rings. The van der Waals surface area contributed by atoms with Crippen molar-refractivity contribution in [3.05, 3.63) is 47.8 Å². The topological polar surface area (TPSA) is 68.0 Å². The van der Waals surface area contributed by atoms with Gasteiger partial charge in [0.05, 0.1) is 11.4 Å². The molecule has 1 N–H and O–H groups in total. The van der Waals surface area contributed by atoms with E-state index in [2.05, 4.69) is 48.3 Å². The van der Waals surface area contributed by atoms with E-state index in [0.717, 1.165) is 22.8 Å². The van der Waals surface area contributed by atoms with Crippen LogP contribution < -0.4 is 0 Å². The minimum absolute atomic E-state index is 0.0402. The molecule has 1 aromatic heterocycles.